The van der Waals surface area contributed by atoms with Gasteiger partial charge in [-0.2, -0.15) is 0 Å². The van der Waals surface area contributed by atoms with Crippen LogP contribution in [0.15, 0.2) is 18.2 Å². The van der Waals surface area contributed by atoms with Gasteiger partial charge in [0.2, 0.25) is 0 Å². The summed E-state index contributed by atoms with van der Waals surface area (Å²) in [4.78, 5) is 10.4. The number of halogens is 2. The van der Waals surface area contributed by atoms with Gasteiger partial charge in [-0.1, -0.05) is 23.7 Å². The summed E-state index contributed by atoms with van der Waals surface area (Å²) in [5.74, 6) is -1.64. The molecule has 0 saturated carbocycles. The van der Waals surface area contributed by atoms with Gasteiger partial charge in [0.25, 0.3) is 0 Å². The van der Waals surface area contributed by atoms with Crippen LogP contribution < -0.4 is 5.73 Å². The van der Waals surface area contributed by atoms with Gasteiger partial charge in [-0.15, -0.1) is 0 Å². The quantitative estimate of drug-likeness (QED) is 0.814. The van der Waals surface area contributed by atoms with Crippen molar-refractivity contribution < 1.29 is 14.3 Å². The molecule has 1 unspecified atom stereocenters. The zero-order valence-electron chi connectivity index (χ0n) is 7.21. The van der Waals surface area contributed by atoms with E-state index >= 15 is 0 Å². The van der Waals surface area contributed by atoms with Crippen LogP contribution in [-0.2, 0) is 4.79 Å². The highest BCUT2D eigenvalue weighted by Gasteiger charge is 2.15. The van der Waals surface area contributed by atoms with Gasteiger partial charge in [0.15, 0.2) is 0 Å². The Bertz CT molecular complexity index is 357. The van der Waals surface area contributed by atoms with Crippen LogP contribution in [0.3, 0.4) is 0 Å². The molecule has 0 amide bonds. The third kappa shape index (κ3) is 2.43. The zero-order valence-corrected chi connectivity index (χ0v) is 7.96. The number of nitrogens with two attached hydrogens (primary N) is 1. The zero-order chi connectivity index (χ0) is 10.7. The molecule has 76 valence electrons. The molecule has 0 aliphatic rings. The summed E-state index contributed by atoms with van der Waals surface area (Å²) >= 11 is 5.62. The molecule has 5 heteroatoms. The summed E-state index contributed by atoms with van der Waals surface area (Å²) in [7, 11) is 0. The normalized spacial score (nSPS) is 12.5. The Balaban J connectivity index is 2.95. The van der Waals surface area contributed by atoms with Gasteiger partial charge in [-0.3, -0.25) is 4.79 Å². The molecule has 0 bridgehead atoms. The summed E-state index contributed by atoms with van der Waals surface area (Å²) in [6, 6.07) is 3.37. The van der Waals surface area contributed by atoms with E-state index in [1.165, 1.54) is 18.2 Å². The van der Waals surface area contributed by atoms with Gasteiger partial charge in [0, 0.05) is 6.04 Å². The van der Waals surface area contributed by atoms with Crippen LogP contribution in [0.2, 0.25) is 5.02 Å². The van der Waals surface area contributed by atoms with Crippen LogP contribution in [0.1, 0.15) is 18.0 Å². The molecule has 0 aliphatic carbocycles. The van der Waals surface area contributed by atoms with E-state index < -0.39 is 17.8 Å². The fourth-order valence-corrected chi connectivity index (χ4v) is 1.37. The van der Waals surface area contributed by atoms with Crippen molar-refractivity contribution in [3.63, 3.8) is 0 Å². The Morgan fingerprint density at radius 2 is 2.29 bits per heavy atom. The lowest BCUT2D eigenvalue weighted by molar-refractivity contribution is -0.137. The van der Waals surface area contributed by atoms with Gasteiger partial charge in [0.05, 0.1) is 11.4 Å². The summed E-state index contributed by atoms with van der Waals surface area (Å²) in [5.41, 5.74) is 5.85. The molecule has 1 rings (SSSR count). The fourth-order valence-electron chi connectivity index (χ4n) is 1.10. The fraction of sp³-hybridized carbons (Fsp3) is 0.222. The topological polar surface area (TPSA) is 63.3 Å². The molecule has 3 N–H and O–H groups in total. The summed E-state index contributed by atoms with van der Waals surface area (Å²) < 4.78 is 12.9. The largest absolute Gasteiger partial charge is 0.481 e. The van der Waals surface area contributed by atoms with Gasteiger partial charge < -0.3 is 10.8 Å². The molecule has 1 aromatic rings. The number of carbonyl (C=O) groups is 1. The molecule has 0 radical (unpaired) electrons. The highest BCUT2D eigenvalue weighted by atomic mass is 35.5. The maximum Gasteiger partial charge on any atom is 0.305 e. The molecule has 14 heavy (non-hydrogen) atoms. The lowest BCUT2D eigenvalue weighted by Crippen LogP contribution is -2.15. The summed E-state index contributed by atoms with van der Waals surface area (Å²) in [6.45, 7) is 0. The monoisotopic (exact) mass is 217 g/mol. The molecule has 3 nitrogen and oxygen atoms in total. The van der Waals surface area contributed by atoms with Crippen molar-refractivity contribution in [3.8, 4) is 0 Å². The lowest BCUT2D eigenvalue weighted by atomic mass is 10.0. The smallest absolute Gasteiger partial charge is 0.305 e. The van der Waals surface area contributed by atoms with Crippen LogP contribution in [0, 0.1) is 5.82 Å². The summed E-state index contributed by atoms with van der Waals surface area (Å²) in [5, 5.41) is 8.38. The van der Waals surface area contributed by atoms with E-state index in [-0.39, 0.29) is 11.4 Å². The van der Waals surface area contributed by atoms with E-state index in [0.717, 1.165) is 0 Å². The van der Waals surface area contributed by atoms with Gasteiger partial charge >= 0.3 is 5.97 Å². The third-order valence-corrected chi connectivity index (χ3v) is 2.17. The van der Waals surface area contributed by atoms with Crippen molar-refractivity contribution in [3.05, 3.63) is 34.6 Å². The van der Waals surface area contributed by atoms with Crippen LogP contribution >= 0.6 is 11.6 Å². The second-order valence-corrected chi connectivity index (χ2v) is 3.23. The molecular weight excluding hydrogens is 209 g/mol. The highest BCUT2D eigenvalue weighted by molar-refractivity contribution is 6.31. The predicted molar refractivity (Wildman–Crippen MR) is 50.6 cm³/mol. The van der Waals surface area contributed by atoms with Gasteiger partial charge in [0.1, 0.15) is 5.82 Å². The molecule has 1 atom stereocenters. The minimum Gasteiger partial charge on any atom is -0.481 e. The van der Waals surface area contributed by atoms with Crippen molar-refractivity contribution >= 4 is 17.6 Å². The van der Waals surface area contributed by atoms with Crippen molar-refractivity contribution in [2.75, 3.05) is 0 Å². The van der Waals surface area contributed by atoms with Gasteiger partial charge in [-0.05, 0) is 11.6 Å². The molecule has 0 heterocycles. The molecule has 0 spiro atoms. The number of rotatable bonds is 3. The van der Waals surface area contributed by atoms with E-state index in [1.807, 2.05) is 0 Å². The molecule has 1 aromatic carbocycles. The summed E-state index contributed by atoms with van der Waals surface area (Å²) in [6.07, 6.45) is -0.275. The number of benzene rings is 1. The van der Waals surface area contributed by atoms with E-state index in [0.29, 0.717) is 5.56 Å². The van der Waals surface area contributed by atoms with E-state index in [2.05, 4.69) is 0 Å². The standard InChI is InChI=1S/C9H9ClFNO2/c10-9-5(2-1-3-6(9)11)7(12)4-8(13)14/h1-3,7H,4,12H2,(H,13,14). The van der Waals surface area contributed by atoms with E-state index in [9.17, 15) is 9.18 Å². The first kappa shape index (κ1) is 10.9. The maximum atomic E-state index is 12.9. The number of carboxylic acids is 1. The number of hydrogen-bond acceptors (Lipinski definition) is 2. The van der Waals surface area contributed by atoms with Crippen molar-refractivity contribution in [2.45, 2.75) is 12.5 Å². The van der Waals surface area contributed by atoms with Crippen molar-refractivity contribution in [1.29, 1.82) is 0 Å². The van der Waals surface area contributed by atoms with Crippen LogP contribution in [0.25, 0.3) is 0 Å². The maximum absolute atomic E-state index is 12.9. The van der Waals surface area contributed by atoms with E-state index in [4.69, 9.17) is 22.4 Å². The van der Waals surface area contributed by atoms with Crippen LogP contribution in [-0.4, -0.2) is 11.1 Å². The Kier molecular flexibility index (Phi) is 3.43. The second kappa shape index (κ2) is 4.39. The average Bonchev–Trinajstić information content (AvgIpc) is 2.08. The molecule has 0 saturated heterocycles. The first-order valence-electron chi connectivity index (χ1n) is 3.93. The SMILES string of the molecule is NC(CC(=O)O)c1cccc(F)c1Cl. The van der Waals surface area contributed by atoms with Crippen molar-refractivity contribution in [1.82, 2.24) is 0 Å². The minimum atomic E-state index is -1.04. The van der Waals surface area contributed by atoms with Crippen molar-refractivity contribution in [2.24, 2.45) is 5.73 Å². The number of hydrogen-bond donors (Lipinski definition) is 2. The molecule has 0 aromatic heterocycles. The molecular formula is C9H9ClFNO2. The van der Waals surface area contributed by atoms with Gasteiger partial charge in [-0.25, -0.2) is 4.39 Å². The molecule has 0 aliphatic heterocycles. The number of carboxylic acid groups (broad SMARTS) is 1. The third-order valence-electron chi connectivity index (χ3n) is 1.78. The first-order chi connectivity index (χ1) is 6.52. The second-order valence-electron chi connectivity index (χ2n) is 2.85. The molecule has 0 fully saturated rings. The Hall–Kier alpha value is -1.13. The Morgan fingerprint density at radius 1 is 1.64 bits per heavy atom. The number of aliphatic carboxylic acids is 1. The average molecular weight is 218 g/mol. The van der Waals surface area contributed by atoms with Crippen LogP contribution in [0.5, 0.6) is 0 Å². The highest BCUT2D eigenvalue weighted by Crippen LogP contribution is 2.25. The first-order valence-corrected chi connectivity index (χ1v) is 4.31. The van der Waals surface area contributed by atoms with Crippen LogP contribution in [0.4, 0.5) is 4.39 Å². The Labute approximate surface area is 85.3 Å². The minimum absolute atomic E-state index is 0.110. The lowest BCUT2D eigenvalue weighted by Gasteiger charge is -2.11. The predicted octanol–water partition coefficient (Wildman–Crippen LogP) is 1.95. The van der Waals surface area contributed by atoms with E-state index in [1.54, 1.807) is 0 Å². The Morgan fingerprint density at radius 3 is 2.86 bits per heavy atom.